The van der Waals surface area contributed by atoms with Crippen LogP contribution in [-0.2, 0) is 6.42 Å². The van der Waals surface area contributed by atoms with E-state index >= 15 is 0 Å². The minimum Gasteiger partial charge on any atom is -0.461 e. The highest BCUT2D eigenvalue weighted by Gasteiger charge is 2.02. The molecule has 84 valence electrons. The molecule has 3 rings (SSSR count). The highest BCUT2D eigenvalue weighted by molar-refractivity contribution is 5.78. The maximum atomic E-state index is 5.57. The standard InChI is InChI=1S/C16H14O/c1-12-9-15-11-14(7-8-16(15)17-12)10-13-5-3-2-4-6-13/h2-9,11H,10H2,1H3. The van der Waals surface area contributed by atoms with Crippen molar-refractivity contribution in [3.05, 3.63) is 71.5 Å². The van der Waals surface area contributed by atoms with Gasteiger partial charge in [0.1, 0.15) is 11.3 Å². The summed E-state index contributed by atoms with van der Waals surface area (Å²) < 4.78 is 5.57. The van der Waals surface area contributed by atoms with Crippen LogP contribution in [-0.4, -0.2) is 0 Å². The second kappa shape index (κ2) is 4.10. The molecule has 0 saturated heterocycles. The maximum absolute atomic E-state index is 5.57. The Morgan fingerprint density at radius 2 is 1.71 bits per heavy atom. The SMILES string of the molecule is Cc1cc2cc(Cc3ccccc3)ccc2o1. The zero-order valence-electron chi connectivity index (χ0n) is 9.81. The number of hydrogen-bond donors (Lipinski definition) is 0. The van der Waals surface area contributed by atoms with E-state index in [1.165, 1.54) is 16.5 Å². The molecule has 0 radical (unpaired) electrons. The van der Waals surface area contributed by atoms with Crippen LogP contribution in [0.25, 0.3) is 11.0 Å². The Balaban J connectivity index is 1.95. The first kappa shape index (κ1) is 10.2. The van der Waals surface area contributed by atoms with E-state index in [0.717, 1.165) is 17.8 Å². The van der Waals surface area contributed by atoms with Crippen molar-refractivity contribution in [3.63, 3.8) is 0 Å². The van der Waals surface area contributed by atoms with Gasteiger partial charge in [0.25, 0.3) is 0 Å². The van der Waals surface area contributed by atoms with Gasteiger partial charge < -0.3 is 4.42 Å². The van der Waals surface area contributed by atoms with Gasteiger partial charge in [0.05, 0.1) is 0 Å². The summed E-state index contributed by atoms with van der Waals surface area (Å²) in [7, 11) is 0. The van der Waals surface area contributed by atoms with Crippen LogP contribution in [0.3, 0.4) is 0 Å². The predicted molar refractivity (Wildman–Crippen MR) is 70.2 cm³/mol. The van der Waals surface area contributed by atoms with E-state index in [4.69, 9.17) is 4.42 Å². The zero-order valence-corrected chi connectivity index (χ0v) is 9.81. The minimum absolute atomic E-state index is 0.969. The lowest BCUT2D eigenvalue weighted by molar-refractivity contribution is 0.578. The van der Waals surface area contributed by atoms with E-state index in [0.29, 0.717) is 0 Å². The highest BCUT2D eigenvalue weighted by Crippen LogP contribution is 2.21. The third-order valence-corrected chi connectivity index (χ3v) is 2.95. The molecule has 3 aromatic rings. The molecule has 1 heterocycles. The molecule has 0 atom stereocenters. The average Bonchev–Trinajstić information content (AvgIpc) is 2.70. The van der Waals surface area contributed by atoms with E-state index < -0.39 is 0 Å². The lowest BCUT2D eigenvalue weighted by Gasteiger charge is -2.01. The van der Waals surface area contributed by atoms with Crippen LogP contribution >= 0.6 is 0 Å². The van der Waals surface area contributed by atoms with E-state index in [1.54, 1.807) is 0 Å². The summed E-state index contributed by atoms with van der Waals surface area (Å²) in [5.41, 5.74) is 3.64. The first-order valence-electron chi connectivity index (χ1n) is 5.84. The summed E-state index contributed by atoms with van der Waals surface area (Å²) in [6.07, 6.45) is 0.973. The molecule has 0 aliphatic carbocycles. The van der Waals surface area contributed by atoms with Crippen LogP contribution in [0.4, 0.5) is 0 Å². The van der Waals surface area contributed by atoms with Gasteiger partial charge in [-0.15, -0.1) is 0 Å². The van der Waals surface area contributed by atoms with Crippen molar-refractivity contribution in [1.29, 1.82) is 0 Å². The Hall–Kier alpha value is -2.02. The summed E-state index contributed by atoms with van der Waals surface area (Å²) in [5.74, 6) is 0.969. The van der Waals surface area contributed by atoms with Crippen LogP contribution < -0.4 is 0 Å². The molecule has 0 spiro atoms. The number of benzene rings is 2. The summed E-state index contributed by atoms with van der Waals surface area (Å²) in [5, 5.41) is 1.19. The van der Waals surface area contributed by atoms with Crippen LogP contribution in [0.5, 0.6) is 0 Å². The van der Waals surface area contributed by atoms with Crippen molar-refractivity contribution in [3.8, 4) is 0 Å². The molecule has 1 nitrogen and oxygen atoms in total. The first-order valence-corrected chi connectivity index (χ1v) is 5.84. The number of furan rings is 1. The van der Waals surface area contributed by atoms with Gasteiger partial charge in [-0.3, -0.25) is 0 Å². The second-order valence-corrected chi connectivity index (χ2v) is 4.39. The zero-order chi connectivity index (χ0) is 11.7. The Labute approximate surface area is 101 Å². The molecule has 0 saturated carbocycles. The Morgan fingerprint density at radius 3 is 2.53 bits per heavy atom. The van der Waals surface area contributed by atoms with Crippen molar-refractivity contribution in [1.82, 2.24) is 0 Å². The average molecular weight is 222 g/mol. The fourth-order valence-electron chi connectivity index (χ4n) is 2.17. The third kappa shape index (κ3) is 2.09. The van der Waals surface area contributed by atoms with Crippen molar-refractivity contribution in [2.45, 2.75) is 13.3 Å². The van der Waals surface area contributed by atoms with Gasteiger partial charge in [-0.05, 0) is 42.7 Å². The Kier molecular flexibility index (Phi) is 2.45. The van der Waals surface area contributed by atoms with Crippen LogP contribution in [0.2, 0.25) is 0 Å². The summed E-state index contributed by atoms with van der Waals surface area (Å²) >= 11 is 0. The fraction of sp³-hybridized carbons (Fsp3) is 0.125. The summed E-state index contributed by atoms with van der Waals surface area (Å²) in [4.78, 5) is 0. The van der Waals surface area contributed by atoms with E-state index in [2.05, 4.69) is 48.5 Å². The molecule has 0 aliphatic rings. The Morgan fingerprint density at radius 1 is 0.882 bits per heavy atom. The topological polar surface area (TPSA) is 13.1 Å². The van der Waals surface area contributed by atoms with Crippen LogP contribution in [0, 0.1) is 6.92 Å². The second-order valence-electron chi connectivity index (χ2n) is 4.39. The smallest absolute Gasteiger partial charge is 0.134 e. The first-order chi connectivity index (χ1) is 8.31. The summed E-state index contributed by atoms with van der Waals surface area (Å²) in [6.45, 7) is 1.98. The third-order valence-electron chi connectivity index (χ3n) is 2.95. The molecule has 0 unspecified atom stereocenters. The van der Waals surface area contributed by atoms with Crippen molar-refractivity contribution in [2.75, 3.05) is 0 Å². The van der Waals surface area contributed by atoms with Gasteiger partial charge in [-0.2, -0.15) is 0 Å². The van der Waals surface area contributed by atoms with Crippen LogP contribution in [0.15, 0.2) is 59.0 Å². The number of aryl methyl sites for hydroxylation is 1. The monoisotopic (exact) mass is 222 g/mol. The minimum atomic E-state index is 0.969. The van der Waals surface area contributed by atoms with Crippen molar-refractivity contribution < 1.29 is 4.42 Å². The lowest BCUT2D eigenvalue weighted by atomic mass is 10.0. The van der Waals surface area contributed by atoms with E-state index in [1.807, 2.05) is 13.0 Å². The fourth-order valence-corrected chi connectivity index (χ4v) is 2.17. The molecule has 1 heteroatoms. The lowest BCUT2D eigenvalue weighted by Crippen LogP contribution is -1.86. The van der Waals surface area contributed by atoms with Gasteiger partial charge in [0.2, 0.25) is 0 Å². The molecule has 1 aromatic heterocycles. The van der Waals surface area contributed by atoms with Gasteiger partial charge >= 0.3 is 0 Å². The van der Waals surface area contributed by atoms with Gasteiger partial charge in [-0.25, -0.2) is 0 Å². The van der Waals surface area contributed by atoms with E-state index in [9.17, 15) is 0 Å². The molecule has 0 fully saturated rings. The van der Waals surface area contributed by atoms with Crippen LogP contribution in [0.1, 0.15) is 16.9 Å². The Bertz CT molecular complexity index is 635. The number of rotatable bonds is 2. The molecular weight excluding hydrogens is 208 g/mol. The molecule has 0 amide bonds. The quantitative estimate of drug-likeness (QED) is 0.629. The van der Waals surface area contributed by atoms with Crippen molar-refractivity contribution >= 4 is 11.0 Å². The molecular formula is C16H14O. The van der Waals surface area contributed by atoms with Gasteiger partial charge in [0.15, 0.2) is 0 Å². The number of hydrogen-bond acceptors (Lipinski definition) is 1. The largest absolute Gasteiger partial charge is 0.461 e. The number of fused-ring (bicyclic) bond motifs is 1. The molecule has 17 heavy (non-hydrogen) atoms. The molecule has 0 bridgehead atoms. The molecule has 0 N–H and O–H groups in total. The normalized spacial score (nSPS) is 10.9. The molecule has 2 aromatic carbocycles. The maximum Gasteiger partial charge on any atom is 0.134 e. The summed E-state index contributed by atoms with van der Waals surface area (Å²) in [6, 6.07) is 19.0. The van der Waals surface area contributed by atoms with E-state index in [-0.39, 0.29) is 0 Å². The predicted octanol–water partition coefficient (Wildman–Crippen LogP) is 4.33. The highest BCUT2D eigenvalue weighted by atomic mass is 16.3. The van der Waals surface area contributed by atoms with Gasteiger partial charge in [0, 0.05) is 5.39 Å². The van der Waals surface area contributed by atoms with Crippen molar-refractivity contribution in [2.24, 2.45) is 0 Å². The van der Waals surface area contributed by atoms with Gasteiger partial charge in [-0.1, -0.05) is 36.4 Å². The molecule has 0 aliphatic heterocycles.